The van der Waals surface area contributed by atoms with Gasteiger partial charge >= 0.3 is 0 Å². The number of ether oxygens (including phenoxy) is 1. The first-order valence-corrected chi connectivity index (χ1v) is 9.47. The highest BCUT2D eigenvalue weighted by atomic mass is 32.2. The molecule has 0 aromatic heterocycles. The maximum Gasteiger partial charge on any atom is 0.244 e. The van der Waals surface area contributed by atoms with E-state index in [2.05, 4.69) is 10.6 Å². The second-order valence-corrected chi connectivity index (χ2v) is 8.61. The topological polar surface area (TPSA) is 84.5 Å². The summed E-state index contributed by atoms with van der Waals surface area (Å²) in [4.78, 5) is 12.3. The lowest BCUT2D eigenvalue weighted by atomic mass is 10.1. The Morgan fingerprint density at radius 2 is 2.17 bits per heavy atom. The molecule has 7 heteroatoms. The van der Waals surface area contributed by atoms with Crippen LogP contribution < -0.4 is 10.6 Å². The van der Waals surface area contributed by atoms with Crippen molar-refractivity contribution in [3.63, 3.8) is 0 Å². The summed E-state index contributed by atoms with van der Waals surface area (Å²) < 4.78 is 29.5. The second kappa shape index (κ2) is 7.42. The molecule has 23 heavy (non-hydrogen) atoms. The second-order valence-electron chi connectivity index (χ2n) is 6.05. The Kier molecular flexibility index (Phi) is 5.78. The number of carbonyl (C=O) groups is 1. The Hall–Kier alpha value is -1.44. The molecule has 0 radical (unpaired) electrons. The van der Waals surface area contributed by atoms with Gasteiger partial charge in [-0.1, -0.05) is 12.1 Å². The lowest BCUT2D eigenvalue weighted by molar-refractivity contribution is -0.123. The number of amides is 1. The van der Waals surface area contributed by atoms with Crippen molar-refractivity contribution in [3.8, 4) is 0 Å². The maximum atomic E-state index is 12.3. The van der Waals surface area contributed by atoms with Gasteiger partial charge in [0, 0.05) is 12.2 Å². The van der Waals surface area contributed by atoms with Crippen LogP contribution in [0.1, 0.15) is 26.3 Å². The third-order valence-corrected chi connectivity index (χ3v) is 6.05. The van der Waals surface area contributed by atoms with Crippen molar-refractivity contribution in [3.05, 3.63) is 29.8 Å². The van der Waals surface area contributed by atoms with Crippen molar-refractivity contribution in [2.45, 2.75) is 43.9 Å². The minimum Gasteiger partial charge on any atom is -0.375 e. The summed E-state index contributed by atoms with van der Waals surface area (Å²) in [5.41, 5.74) is 1.25. The first-order valence-electron chi connectivity index (χ1n) is 7.76. The van der Waals surface area contributed by atoms with Crippen LogP contribution in [-0.2, 0) is 25.1 Å². The number of sulfone groups is 1. The number of morpholine rings is 1. The molecule has 0 aliphatic carbocycles. The highest BCUT2D eigenvalue weighted by Gasteiger charge is 2.28. The molecule has 2 atom stereocenters. The van der Waals surface area contributed by atoms with Gasteiger partial charge in [-0.05, 0) is 38.5 Å². The average Bonchev–Trinajstić information content (AvgIpc) is 2.47. The van der Waals surface area contributed by atoms with Gasteiger partial charge in [-0.2, -0.15) is 0 Å². The van der Waals surface area contributed by atoms with Crippen molar-refractivity contribution in [1.82, 2.24) is 5.32 Å². The van der Waals surface area contributed by atoms with Gasteiger partial charge in [0.2, 0.25) is 5.91 Å². The monoisotopic (exact) mass is 340 g/mol. The van der Waals surface area contributed by atoms with E-state index in [0.29, 0.717) is 24.4 Å². The van der Waals surface area contributed by atoms with Crippen LogP contribution in [0.5, 0.6) is 0 Å². The van der Waals surface area contributed by atoms with Gasteiger partial charge < -0.3 is 15.4 Å². The highest BCUT2D eigenvalue weighted by molar-refractivity contribution is 7.91. The van der Waals surface area contributed by atoms with Gasteiger partial charge in [-0.3, -0.25) is 4.79 Å². The molecular formula is C16H24N2O4S. The quantitative estimate of drug-likeness (QED) is 0.845. The Balaban J connectivity index is 2.06. The van der Waals surface area contributed by atoms with E-state index in [4.69, 9.17) is 4.74 Å². The Morgan fingerprint density at radius 1 is 1.43 bits per heavy atom. The van der Waals surface area contributed by atoms with Crippen molar-refractivity contribution >= 4 is 21.4 Å². The summed E-state index contributed by atoms with van der Waals surface area (Å²) in [6.07, 6.45) is -0.201. The Bertz CT molecular complexity index is 658. The van der Waals surface area contributed by atoms with Gasteiger partial charge in [-0.15, -0.1) is 0 Å². The van der Waals surface area contributed by atoms with Crippen LogP contribution in [0.3, 0.4) is 0 Å². The minimum atomic E-state index is -3.17. The first kappa shape index (κ1) is 17.9. The van der Waals surface area contributed by atoms with Crippen LogP contribution in [-0.4, -0.2) is 44.9 Å². The third-order valence-electron chi connectivity index (χ3n) is 3.88. The molecule has 2 rings (SSSR count). The van der Waals surface area contributed by atoms with Gasteiger partial charge in [0.25, 0.3) is 0 Å². The number of hydrogen-bond donors (Lipinski definition) is 2. The van der Waals surface area contributed by atoms with E-state index >= 15 is 0 Å². The standard InChI is InChI=1S/C16H24N2O4S/c1-11(2)23(20,21)10-13-5-4-6-14(9-13)18-16(19)15-12(3)22-8-7-17-15/h4-6,9,11-12,15,17H,7-8,10H2,1-3H3,(H,18,19)/t12-,15+/m1/s1. The highest BCUT2D eigenvalue weighted by Crippen LogP contribution is 2.16. The first-order chi connectivity index (χ1) is 10.8. The van der Waals surface area contributed by atoms with Gasteiger partial charge in [0.05, 0.1) is 23.7 Å². The number of hydrogen-bond acceptors (Lipinski definition) is 5. The Morgan fingerprint density at radius 3 is 2.83 bits per heavy atom. The van der Waals surface area contributed by atoms with Crippen LogP contribution in [0.15, 0.2) is 24.3 Å². The molecule has 1 amide bonds. The number of nitrogens with one attached hydrogen (secondary N) is 2. The fourth-order valence-corrected chi connectivity index (χ4v) is 3.36. The van der Waals surface area contributed by atoms with E-state index in [0.717, 1.165) is 0 Å². The zero-order valence-electron chi connectivity index (χ0n) is 13.7. The van der Waals surface area contributed by atoms with Crippen LogP contribution in [0.2, 0.25) is 0 Å². The maximum absolute atomic E-state index is 12.3. The summed E-state index contributed by atoms with van der Waals surface area (Å²) in [5, 5.41) is 5.52. The molecule has 1 aromatic carbocycles. The summed E-state index contributed by atoms with van der Waals surface area (Å²) in [6.45, 7) is 6.40. The number of anilines is 1. The lowest BCUT2D eigenvalue weighted by Crippen LogP contribution is -2.53. The molecule has 0 saturated carbocycles. The molecule has 1 aliphatic heterocycles. The molecule has 1 heterocycles. The molecule has 1 fully saturated rings. The third kappa shape index (κ3) is 4.76. The van der Waals surface area contributed by atoms with E-state index < -0.39 is 21.1 Å². The smallest absolute Gasteiger partial charge is 0.244 e. The van der Waals surface area contributed by atoms with Crippen molar-refractivity contribution in [2.75, 3.05) is 18.5 Å². The molecule has 2 N–H and O–H groups in total. The molecule has 1 aliphatic rings. The zero-order chi connectivity index (χ0) is 17.0. The van der Waals surface area contributed by atoms with Gasteiger partial charge in [0.1, 0.15) is 6.04 Å². The number of rotatable bonds is 5. The summed E-state index contributed by atoms with van der Waals surface area (Å²) in [6, 6.07) is 6.53. The van der Waals surface area contributed by atoms with Crippen LogP contribution in [0.25, 0.3) is 0 Å². The van der Waals surface area contributed by atoms with Crippen LogP contribution in [0, 0.1) is 0 Å². The van der Waals surface area contributed by atoms with Gasteiger partial charge in [-0.25, -0.2) is 8.42 Å². The van der Waals surface area contributed by atoms with E-state index in [-0.39, 0.29) is 17.8 Å². The van der Waals surface area contributed by atoms with Crippen LogP contribution in [0.4, 0.5) is 5.69 Å². The fraction of sp³-hybridized carbons (Fsp3) is 0.562. The van der Waals surface area contributed by atoms with E-state index in [1.807, 2.05) is 6.92 Å². The molecule has 1 aromatic rings. The predicted molar refractivity (Wildman–Crippen MR) is 90.0 cm³/mol. The molecular weight excluding hydrogens is 316 g/mol. The summed E-state index contributed by atoms with van der Waals surface area (Å²) in [7, 11) is -3.17. The molecule has 0 bridgehead atoms. The molecule has 0 spiro atoms. The Labute approximate surface area is 137 Å². The zero-order valence-corrected chi connectivity index (χ0v) is 14.5. The molecule has 0 unspecified atom stereocenters. The summed E-state index contributed by atoms with van der Waals surface area (Å²) >= 11 is 0. The summed E-state index contributed by atoms with van der Waals surface area (Å²) in [5.74, 6) is -0.212. The lowest BCUT2D eigenvalue weighted by Gasteiger charge is -2.29. The van der Waals surface area contributed by atoms with Gasteiger partial charge in [0.15, 0.2) is 9.84 Å². The molecule has 128 valence electrons. The molecule has 1 saturated heterocycles. The van der Waals surface area contributed by atoms with E-state index in [1.165, 1.54) is 0 Å². The number of benzene rings is 1. The van der Waals surface area contributed by atoms with Crippen LogP contribution >= 0.6 is 0 Å². The largest absolute Gasteiger partial charge is 0.375 e. The van der Waals surface area contributed by atoms with Crippen molar-refractivity contribution < 1.29 is 17.9 Å². The predicted octanol–water partition coefficient (Wildman–Crippen LogP) is 1.33. The minimum absolute atomic E-state index is 0.0322. The van der Waals surface area contributed by atoms with E-state index in [1.54, 1.807) is 38.1 Å². The number of carbonyl (C=O) groups excluding carboxylic acids is 1. The fourth-order valence-electron chi connectivity index (χ4n) is 2.39. The van der Waals surface area contributed by atoms with Crippen molar-refractivity contribution in [2.24, 2.45) is 0 Å². The molecule has 6 nitrogen and oxygen atoms in total. The normalized spacial score (nSPS) is 22.1. The SMILES string of the molecule is CC(C)S(=O)(=O)Cc1cccc(NC(=O)[C@H]2NCCO[C@@H]2C)c1. The van der Waals surface area contributed by atoms with E-state index in [9.17, 15) is 13.2 Å². The average molecular weight is 340 g/mol. The van der Waals surface area contributed by atoms with Crippen molar-refractivity contribution in [1.29, 1.82) is 0 Å².